The Morgan fingerprint density at radius 2 is 2.00 bits per heavy atom. The van der Waals surface area contributed by atoms with Gasteiger partial charge in [-0.2, -0.15) is 0 Å². The van der Waals surface area contributed by atoms with Gasteiger partial charge in [-0.1, -0.05) is 24.3 Å². The Balaban J connectivity index is 1.97. The fourth-order valence-electron chi connectivity index (χ4n) is 2.87. The fourth-order valence-corrected chi connectivity index (χ4v) is 2.87. The first-order valence-corrected chi connectivity index (χ1v) is 7.42. The predicted octanol–water partition coefficient (Wildman–Crippen LogP) is 3.80. The van der Waals surface area contributed by atoms with Crippen molar-refractivity contribution >= 4 is 0 Å². The van der Waals surface area contributed by atoms with E-state index in [0.717, 1.165) is 36.4 Å². The molecule has 3 nitrogen and oxygen atoms in total. The summed E-state index contributed by atoms with van der Waals surface area (Å²) in [5.74, 6) is 1.81. The summed E-state index contributed by atoms with van der Waals surface area (Å²) in [6.07, 6.45) is 2.25. The summed E-state index contributed by atoms with van der Waals surface area (Å²) in [5, 5.41) is 3.19. The summed E-state index contributed by atoms with van der Waals surface area (Å²) < 4.78 is 11.6. The Labute approximate surface area is 125 Å². The Kier molecular flexibility index (Phi) is 4.11. The van der Waals surface area contributed by atoms with Crippen molar-refractivity contribution in [3.8, 4) is 22.6 Å². The van der Waals surface area contributed by atoms with Gasteiger partial charge in [0, 0.05) is 11.1 Å². The minimum Gasteiger partial charge on any atom is -0.497 e. The number of methoxy groups -OCH3 is 1. The fraction of sp³-hybridized carbons (Fsp3) is 0.333. The van der Waals surface area contributed by atoms with Crippen LogP contribution in [0.1, 0.15) is 24.5 Å². The first-order chi connectivity index (χ1) is 10.3. The summed E-state index contributed by atoms with van der Waals surface area (Å²) in [7, 11) is 3.68. The van der Waals surface area contributed by atoms with Crippen LogP contribution in [-0.2, 0) is 0 Å². The average molecular weight is 283 g/mol. The maximum absolute atomic E-state index is 6.22. The van der Waals surface area contributed by atoms with Crippen molar-refractivity contribution in [1.29, 1.82) is 0 Å². The number of benzene rings is 2. The molecule has 0 aliphatic carbocycles. The highest BCUT2D eigenvalue weighted by molar-refractivity contribution is 5.77. The van der Waals surface area contributed by atoms with Gasteiger partial charge in [-0.25, -0.2) is 0 Å². The monoisotopic (exact) mass is 283 g/mol. The van der Waals surface area contributed by atoms with Gasteiger partial charge in [-0.15, -0.1) is 0 Å². The molecule has 3 rings (SSSR count). The second-order valence-corrected chi connectivity index (χ2v) is 5.30. The zero-order chi connectivity index (χ0) is 14.7. The third-order valence-electron chi connectivity index (χ3n) is 3.95. The maximum Gasteiger partial charge on any atom is 0.128 e. The molecule has 0 radical (unpaired) electrons. The molecule has 0 saturated heterocycles. The molecule has 0 spiro atoms. The molecule has 2 aromatic carbocycles. The topological polar surface area (TPSA) is 30.5 Å². The molecule has 1 unspecified atom stereocenters. The van der Waals surface area contributed by atoms with Crippen molar-refractivity contribution in [3.05, 3.63) is 48.0 Å². The van der Waals surface area contributed by atoms with Crippen LogP contribution in [0.5, 0.6) is 11.5 Å². The van der Waals surface area contributed by atoms with E-state index in [1.807, 2.05) is 19.2 Å². The van der Waals surface area contributed by atoms with Gasteiger partial charge >= 0.3 is 0 Å². The van der Waals surface area contributed by atoms with Crippen molar-refractivity contribution in [2.75, 3.05) is 20.7 Å². The van der Waals surface area contributed by atoms with Gasteiger partial charge in [0.25, 0.3) is 0 Å². The van der Waals surface area contributed by atoms with Crippen molar-refractivity contribution in [2.24, 2.45) is 0 Å². The Bertz CT molecular complexity index is 624. The lowest BCUT2D eigenvalue weighted by molar-refractivity contribution is 0.188. The highest BCUT2D eigenvalue weighted by atomic mass is 16.5. The van der Waals surface area contributed by atoms with Crippen LogP contribution in [0.4, 0.5) is 0 Å². The first kappa shape index (κ1) is 14.0. The highest BCUT2D eigenvalue weighted by Gasteiger charge is 2.25. The number of hydrogen-bond donors (Lipinski definition) is 1. The van der Waals surface area contributed by atoms with Crippen molar-refractivity contribution in [2.45, 2.75) is 18.9 Å². The molecule has 0 fully saturated rings. The molecule has 3 heteroatoms. The number of ether oxygens (including phenoxy) is 2. The molecule has 0 amide bonds. The summed E-state index contributed by atoms with van der Waals surface area (Å²) in [4.78, 5) is 0. The third kappa shape index (κ3) is 2.74. The third-order valence-corrected chi connectivity index (χ3v) is 3.95. The van der Waals surface area contributed by atoms with Crippen LogP contribution in [0.15, 0.2) is 42.5 Å². The van der Waals surface area contributed by atoms with E-state index in [9.17, 15) is 0 Å². The van der Waals surface area contributed by atoms with Gasteiger partial charge in [0.1, 0.15) is 17.6 Å². The van der Waals surface area contributed by atoms with Crippen LogP contribution in [0.2, 0.25) is 0 Å². The molecular formula is C18H21NO2. The van der Waals surface area contributed by atoms with E-state index >= 15 is 0 Å². The Morgan fingerprint density at radius 3 is 2.81 bits per heavy atom. The molecule has 21 heavy (non-hydrogen) atoms. The lowest BCUT2D eigenvalue weighted by atomic mass is 9.91. The van der Waals surface area contributed by atoms with Crippen LogP contribution in [0.3, 0.4) is 0 Å². The molecule has 1 aliphatic rings. The van der Waals surface area contributed by atoms with Gasteiger partial charge in [-0.3, -0.25) is 0 Å². The van der Waals surface area contributed by atoms with Crippen LogP contribution >= 0.6 is 0 Å². The smallest absolute Gasteiger partial charge is 0.128 e. The SMILES string of the molecule is CNCCCC1Oc2ccc(OC)cc2-c2ccccc21. The maximum atomic E-state index is 6.22. The molecule has 1 atom stereocenters. The quantitative estimate of drug-likeness (QED) is 0.847. The molecule has 0 bridgehead atoms. The van der Waals surface area contributed by atoms with E-state index in [1.165, 1.54) is 11.1 Å². The molecule has 1 heterocycles. The van der Waals surface area contributed by atoms with E-state index in [4.69, 9.17) is 9.47 Å². The summed E-state index contributed by atoms with van der Waals surface area (Å²) in [6.45, 7) is 1.01. The Morgan fingerprint density at radius 1 is 1.14 bits per heavy atom. The summed E-state index contributed by atoms with van der Waals surface area (Å²) in [6, 6.07) is 14.5. The Hall–Kier alpha value is -2.00. The predicted molar refractivity (Wildman–Crippen MR) is 85.0 cm³/mol. The number of fused-ring (bicyclic) bond motifs is 3. The number of nitrogens with one attached hydrogen (secondary N) is 1. The molecule has 110 valence electrons. The van der Waals surface area contributed by atoms with Crippen LogP contribution < -0.4 is 14.8 Å². The lowest BCUT2D eigenvalue weighted by Crippen LogP contribution is -2.16. The van der Waals surface area contributed by atoms with Gasteiger partial charge < -0.3 is 14.8 Å². The van der Waals surface area contributed by atoms with Gasteiger partial charge in [-0.05, 0) is 50.2 Å². The zero-order valence-corrected chi connectivity index (χ0v) is 12.6. The second kappa shape index (κ2) is 6.19. The van der Waals surface area contributed by atoms with Crippen LogP contribution in [0.25, 0.3) is 11.1 Å². The minimum atomic E-state index is 0.135. The molecular weight excluding hydrogens is 262 g/mol. The molecule has 1 N–H and O–H groups in total. The van der Waals surface area contributed by atoms with Crippen LogP contribution in [-0.4, -0.2) is 20.7 Å². The standard InChI is InChI=1S/C18H21NO2/c1-19-11-5-8-17-15-7-4-3-6-14(15)16-12-13(20-2)9-10-18(16)21-17/h3-4,6-7,9-10,12,17,19H,5,8,11H2,1-2H3. The van der Waals surface area contributed by atoms with E-state index in [0.29, 0.717) is 0 Å². The van der Waals surface area contributed by atoms with E-state index < -0.39 is 0 Å². The normalized spacial score (nSPS) is 15.8. The van der Waals surface area contributed by atoms with Crippen molar-refractivity contribution in [1.82, 2.24) is 5.32 Å². The zero-order valence-electron chi connectivity index (χ0n) is 12.6. The van der Waals surface area contributed by atoms with Crippen LogP contribution in [0, 0.1) is 0 Å². The summed E-state index contributed by atoms with van der Waals surface area (Å²) >= 11 is 0. The first-order valence-electron chi connectivity index (χ1n) is 7.42. The molecule has 0 saturated carbocycles. The number of rotatable bonds is 5. The number of hydrogen-bond acceptors (Lipinski definition) is 3. The minimum absolute atomic E-state index is 0.135. The van der Waals surface area contributed by atoms with E-state index in [-0.39, 0.29) is 6.10 Å². The van der Waals surface area contributed by atoms with Crippen molar-refractivity contribution in [3.63, 3.8) is 0 Å². The second-order valence-electron chi connectivity index (χ2n) is 5.30. The van der Waals surface area contributed by atoms with Crippen molar-refractivity contribution < 1.29 is 9.47 Å². The van der Waals surface area contributed by atoms with Gasteiger partial charge in [0.05, 0.1) is 7.11 Å². The van der Waals surface area contributed by atoms with Gasteiger partial charge in [0.2, 0.25) is 0 Å². The average Bonchev–Trinajstić information content (AvgIpc) is 2.55. The molecule has 0 aromatic heterocycles. The lowest BCUT2D eigenvalue weighted by Gasteiger charge is -2.29. The van der Waals surface area contributed by atoms with E-state index in [1.54, 1.807) is 7.11 Å². The summed E-state index contributed by atoms with van der Waals surface area (Å²) in [5.41, 5.74) is 3.65. The molecule has 2 aromatic rings. The highest BCUT2D eigenvalue weighted by Crippen LogP contribution is 2.44. The van der Waals surface area contributed by atoms with E-state index in [2.05, 4.69) is 35.6 Å². The van der Waals surface area contributed by atoms with Gasteiger partial charge in [0.15, 0.2) is 0 Å². The largest absolute Gasteiger partial charge is 0.497 e. The molecule has 1 aliphatic heterocycles.